The third-order valence-electron chi connectivity index (χ3n) is 5.14. The Morgan fingerprint density at radius 2 is 1.85 bits per heavy atom. The van der Waals surface area contributed by atoms with Gasteiger partial charge in [-0.1, -0.05) is 33.8 Å². The van der Waals surface area contributed by atoms with Crippen molar-refractivity contribution in [1.29, 1.82) is 0 Å². The minimum Gasteiger partial charge on any atom is -0.354 e. The molecule has 1 aliphatic heterocycles. The average molecular weight is 497 g/mol. The second-order valence-electron chi connectivity index (χ2n) is 9.38. The minimum atomic E-state index is -2.84. The quantitative estimate of drug-likeness (QED) is 0.265. The molecule has 0 amide bonds. The number of nitrogens with zero attached hydrogens (tertiary/aromatic N) is 1. The maximum Gasteiger partial charge on any atom is 0.191 e. The number of rotatable bonds is 5. The van der Waals surface area contributed by atoms with Gasteiger partial charge < -0.3 is 10.6 Å². The molecule has 1 saturated carbocycles. The Labute approximate surface area is 176 Å². The molecule has 2 fully saturated rings. The fourth-order valence-corrected chi connectivity index (χ4v) is 6.55. The van der Waals surface area contributed by atoms with Crippen LogP contribution >= 0.6 is 24.0 Å². The Hall–Kier alpha value is -0.310. The molecule has 0 spiro atoms. The van der Waals surface area contributed by atoms with Crippen molar-refractivity contribution in [3.05, 3.63) is 12.7 Å². The summed E-state index contributed by atoms with van der Waals surface area (Å²) in [6.07, 6.45) is 5.99. The Morgan fingerprint density at radius 1 is 1.23 bits per heavy atom. The number of hydrogen-bond acceptors (Lipinski definition) is 3. The lowest BCUT2D eigenvalue weighted by Gasteiger charge is -2.45. The lowest BCUT2D eigenvalue weighted by Crippen LogP contribution is -2.50. The fraction of sp³-hybridized carbons (Fsp3) is 0.842. The molecule has 1 saturated heterocycles. The zero-order valence-electron chi connectivity index (χ0n) is 16.7. The Balaban J connectivity index is 0.00000338. The van der Waals surface area contributed by atoms with Gasteiger partial charge in [0.15, 0.2) is 15.8 Å². The molecule has 1 unspecified atom stereocenters. The highest BCUT2D eigenvalue weighted by Gasteiger charge is 2.38. The van der Waals surface area contributed by atoms with Gasteiger partial charge in [0.25, 0.3) is 0 Å². The summed E-state index contributed by atoms with van der Waals surface area (Å²) < 4.78 is 23.2. The summed E-state index contributed by atoms with van der Waals surface area (Å²) in [4.78, 5) is 4.68. The van der Waals surface area contributed by atoms with E-state index in [1.807, 2.05) is 6.08 Å². The van der Waals surface area contributed by atoms with Crippen molar-refractivity contribution >= 4 is 39.8 Å². The Morgan fingerprint density at radius 3 is 2.35 bits per heavy atom. The van der Waals surface area contributed by atoms with Crippen LogP contribution in [0, 0.1) is 16.7 Å². The van der Waals surface area contributed by atoms with E-state index >= 15 is 0 Å². The molecule has 0 aromatic carbocycles. The van der Waals surface area contributed by atoms with E-state index in [4.69, 9.17) is 0 Å². The molecule has 26 heavy (non-hydrogen) atoms. The van der Waals surface area contributed by atoms with E-state index in [9.17, 15) is 8.42 Å². The first-order chi connectivity index (χ1) is 11.5. The van der Waals surface area contributed by atoms with Crippen molar-refractivity contribution in [3.63, 3.8) is 0 Å². The SMILES string of the molecule is C=CCNC(=NCC1CCS(=O)(=O)C1)NC1CC(C)(C)CC(C)(C)C1.I. The summed E-state index contributed by atoms with van der Waals surface area (Å²) in [5, 5.41) is 6.88. The molecule has 2 aliphatic rings. The highest BCUT2D eigenvalue weighted by molar-refractivity contribution is 14.0. The molecule has 0 bridgehead atoms. The van der Waals surface area contributed by atoms with Gasteiger partial charge in [0.2, 0.25) is 0 Å². The molecule has 0 aromatic rings. The monoisotopic (exact) mass is 497 g/mol. The van der Waals surface area contributed by atoms with Gasteiger partial charge in [-0.2, -0.15) is 0 Å². The van der Waals surface area contributed by atoms with Crippen LogP contribution < -0.4 is 10.6 Å². The summed E-state index contributed by atoms with van der Waals surface area (Å²) in [6, 6.07) is 0.377. The van der Waals surface area contributed by atoms with E-state index < -0.39 is 9.84 Å². The van der Waals surface area contributed by atoms with Gasteiger partial charge in [-0.3, -0.25) is 4.99 Å². The van der Waals surface area contributed by atoms with E-state index in [0.29, 0.717) is 35.7 Å². The number of sulfone groups is 1. The number of halogens is 1. The minimum absolute atomic E-state index is 0. The normalized spacial score (nSPS) is 27.4. The van der Waals surface area contributed by atoms with Gasteiger partial charge in [-0.25, -0.2) is 8.42 Å². The fourth-order valence-electron chi connectivity index (χ4n) is 4.70. The zero-order chi connectivity index (χ0) is 18.7. The maximum atomic E-state index is 11.6. The third-order valence-corrected chi connectivity index (χ3v) is 6.98. The number of guanidine groups is 1. The Kier molecular flexibility index (Phi) is 8.45. The van der Waals surface area contributed by atoms with Crippen molar-refractivity contribution in [1.82, 2.24) is 10.6 Å². The van der Waals surface area contributed by atoms with Crippen molar-refractivity contribution in [2.75, 3.05) is 24.6 Å². The highest BCUT2D eigenvalue weighted by atomic mass is 127. The number of hydrogen-bond donors (Lipinski definition) is 2. The van der Waals surface area contributed by atoms with Crippen LogP contribution in [0.4, 0.5) is 0 Å². The van der Waals surface area contributed by atoms with Crippen molar-refractivity contribution in [2.24, 2.45) is 21.7 Å². The summed E-state index contributed by atoms with van der Waals surface area (Å²) in [6.45, 7) is 14.3. The predicted molar refractivity (Wildman–Crippen MR) is 121 cm³/mol. The Bertz CT molecular complexity index is 598. The lowest BCUT2D eigenvalue weighted by molar-refractivity contribution is 0.0918. The van der Waals surface area contributed by atoms with Gasteiger partial charge in [-0.05, 0) is 42.4 Å². The maximum absolute atomic E-state index is 11.6. The van der Waals surface area contributed by atoms with Crippen molar-refractivity contribution < 1.29 is 8.42 Å². The lowest BCUT2D eigenvalue weighted by atomic mass is 9.63. The first kappa shape index (κ1) is 23.7. The molecule has 0 radical (unpaired) electrons. The summed E-state index contributed by atoms with van der Waals surface area (Å²) in [7, 11) is -2.84. The van der Waals surface area contributed by atoms with E-state index in [1.165, 1.54) is 6.42 Å². The van der Waals surface area contributed by atoms with E-state index in [2.05, 4.69) is 49.9 Å². The highest BCUT2D eigenvalue weighted by Crippen LogP contribution is 2.45. The van der Waals surface area contributed by atoms with Crippen LogP contribution in [0.15, 0.2) is 17.6 Å². The largest absolute Gasteiger partial charge is 0.354 e. The van der Waals surface area contributed by atoms with E-state index in [0.717, 1.165) is 25.2 Å². The number of aliphatic imine (C=N–C) groups is 1. The number of nitrogens with one attached hydrogen (secondary N) is 2. The van der Waals surface area contributed by atoms with Crippen LogP contribution in [0.25, 0.3) is 0 Å². The summed E-state index contributed by atoms with van der Waals surface area (Å²) in [5.74, 6) is 1.50. The van der Waals surface area contributed by atoms with Crippen molar-refractivity contribution in [2.45, 2.75) is 59.4 Å². The second kappa shape index (κ2) is 9.26. The summed E-state index contributed by atoms with van der Waals surface area (Å²) in [5.41, 5.74) is 0.616. The molecule has 7 heteroatoms. The molecular weight excluding hydrogens is 461 g/mol. The van der Waals surface area contributed by atoms with Gasteiger partial charge in [0.1, 0.15) is 0 Å². The summed E-state index contributed by atoms with van der Waals surface area (Å²) >= 11 is 0. The smallest absolute Gasteiger partial charge is 0.191 e. The molecule has 1 atom stereocenters. The van der Waals surface area contributed by atoms with Crippen LogP contribution in [0.1, 0.15) is 53.4 Å². The van der Waals surface area contributed by atoms with E-state index in [1.54, 1.807) is 0 Å². The van der Waals surface area contributed by atoms with Gasteiger partial charge in [0.05, 0.1) is 11.5 Å². The molecule has 0 aromatic heterocycles. The first-order valence-electron chi connectivity index (χ1n) is 9.36. The molecule has 152 valence electrons. The molecule has 2 N–H and O–H groups in total. The van der Waals surface area contributed by atoms with Gasteiger partial charge >= 0.3 is 0 Å². The molecule has 1 heterocycles. The van der Waals surface area contributed by atoms with Gasteiger partial charge in [-0.15, -0.1) is 30.6 Å². The first-order valence-corrected chi connectivity index (χ1v) is 11.2. The van der Waals surface area contributed by atoms with Crippen LogP contribution in [0.2, 0.25) is 0 Å². The second-order valence-corrected chi connectivity index (χ2v) is 11.6. The average Bonchev–Trinajstić information content (AvgIpc) is 2.78. The van der Waals surface area contributed by atoms with Gasteiger partial charge in [0, 0.05) is 19.1 Å². The zero-order valence-corrected chi connectivity index (χ0v) is 19.8. The van der Waals surface area contributed by atoms with Crippen molar-refractivity contribution in [3.8, 4) is 0 Å². The van der Waals surface area contributed by atoms with Crippen LogP contribution in [0.5, 0.6) is 0 Å². The van der Waals surface area contributed by atoms with Crippen LogP contribution in [0.3, 0.4) is 0 Å². The standard InChI is InChI=1S/C19H35N3O2S.HI/c1-6-8-20-17(21-12-15-7-9-25(23,24)13-15)22-16-10-18(2,3)14-19(4,5)11-16;/h6,15-16H,1,7-14H2,2-5H3,(H2,20,21,22);1H. The predicted octanol–water partition coefficient (Wildman–Crippen LogP) is 3.37. The third kappa shape index (κ3) is 7.74. The van der Waals surface area contributed by atoms with Crippen LogP contribution in [-0.2, 0) is 9.84 Å². The van der Waals surface area contributed by atoms with E-state index in [-0.39, 0.29) is 35.6 Å². The molecule has 2 rings (SSSR count). The molecular formula is C19H36IN3O2S. The molecule has 5 nitrogen and oxygen atoms in total. The van der Waals surface area contributed by atoms with Crippen LogP contribution in [-0.4, -0.2) is 45.0 Å². The topological polar surface area (TPSA) is 70.6 Å². The molecule has 1 aliphatic carbocycles.